The van der Waals surface area contributed by atoms with Gasteiger partial charge in [-0.15, -0.1) is 0 Å². The van der Waals surface area contributed by atoms with E-state index in [0.717, 1.165) is 0 Å². The van der Waals surface area contributed by atoms with E-state index in [2.05, 4.69) is 26.5 Å². The number of carbonyl (C=O) groups is 3. The number of ether oxygens (including phenoxy) is 2. The van der Waals surface area contributed by atoms with Crippen LogP contribution in [0.1, 0.15) is 5.56 Å². The third kappa shape index (κ3) is 3.63. The first kappa shape index (κ1) is 18.1. The number of phenolic OH excluding ortho intramolecular Hbond substituents is 1. The van der Waals surface area contributed by atoms with Crippen molar-refractivity contribution in [3.8, 4) is 17.2 Å². The van der Waals surface area contributed by atoms with Crippen LogP contribution in [0.25, 0.3) is 0 Å². The number of hydrogen-bond acceptors (Lipinski definition) is 7. The van der Waals surface area contributed by atoms with Crippen LogP contribution in [0.3, 0.4) is 0 Å². The average molecular weight is 378 g/mol. The van der Waals surface area contributed by atoms with Crippen LogP contribution < -0.4 is 30.8 Å². The Morgan fingerprint density at radius 1 is 1.26 bits per heavy atom. The van der Waals surface area contributed by atoms with Crippen LogP contribution in [-0.2, 0) is 4.79 Å². The molecule has 3 rings (SSSR count). The van der Waals surface area contributed by atoms with Crippen LogP contribution in [0.2, 0.25) is 0 Å². The molecule has 12 nitrogen and oxygen atoms in total. The molecule has 2 aliphatic heterocycles. The molecule has 1 aromatic rings. The number of nitrogens with zero attached hydrogens (tertiary/aromatic N) is 2. The van der Waals surface area contributed by atoms with Gasteiger partial charge in [0.1, 0.15) is 18.9 Å². The Balaban J connectivity index is 1.61. The predicted molar refractivity (Wildman–Crippen MR) is 91.4 cm³/mol. The van der Waals surface area contributed by atoms with Gasteiger partial charge < -0.3 is 30.5 Å². The van der Waals surface area contributed by atoms with Crippen molar-refractivity contribution in [3.63, 3.8) is 0 Å². The molecule has 2 heterocycles. The molecule has 2 unspecified atom stereocenters. The maximum atomic E-state index is 12.0. The van der Waals surface area contributed by atoms with E-state index >= 15 is 0 Å². The summed E-state index contributed by atoms with van der Waals surface area (Å²) in [6, 6.07) is 2.10. The van der Waals surface area contributed by atoms with Crippen molar-refractivity contribution in [2.75, 3.05) is 20.8 Å². The summed E-state index contributed by atoms with van der Waals surface area (Å²) < 4.78 is 10.1. The van der Waals surface area contributed by atoms with Gasteiger partial charge in [-0.1, -0.05) is 0 Å². The maximum absolute atomic E-state index is 12.0. The Hall–Kier alpha value is -3.70. The molecule has 12 heteroatoms. The largest absolute Gasteiger partial charge is 0.502 e. The summed E-state index contributed by atoms with van der Waals surface area (Å²) in [5.74, 6) is -0.332. The Kier molecular flexibility index (Phi) is 4.88. The molecule has 0 radical (unpaired) electrons. The van der Waals surface area contributed by atoms with Crippen LogP contribution in [0.5, 0.6) is 17.2 Å². The van der Waals surface area contributed by atoms with Crippen LogP contribution in [-0.4, -0.2) is 67.3 Å². The van der Waals surface area contributed by atoms with Gasteiger partial charge in [0.2, 0.25) is 5.75 Å². The number of phenols is 1. The van der Waals surface area contributed by atoms with Crippen LogP contribution in [0, 0.1) is 0 Å². The molecule has 0 aliphatic carbocycles. The molecule has 2 aliphatic rings. The van der Waals surface area contributed by atoms with Crippen molar-refractivity contribution in [2.24, 2.45) is 5.10 Å². The molecule has 2 fully saturated rings. The second kappa shape index (κ2) is 7.27. The molecule has 0 spiro atoms. The predicted octanol–water partition coefficient (Wildman–Crippen LogP) is -1.15. The van der Waals surface area contributed by atoms with Gasteiger partial charge >= 0.3 is 12.1 Å². The second-order valence-corrected chi connectivity index (χ2v) is 5.68. The van der Waals surface area contributed by atoms with Crippen molar-refractivity contribution in [1.82, 2.24) is 26.3 Å². The highest BCUT2D eigenvalue weighted by Crippen LogP contribution is 2.36. The second-order valence-electron chi connectivity index (χ2n) is 5.68. The van der Waals surface area contributed by atoms with Crippen molar-refractivity contribution in [1.29, 1.82) is 0 Å². The highest BCUT2D eigenvalue weighted by molar-refractivity contribution is 5.89. The third-order valence-corrected chi connectivity index (χ3v) is 3.98. The number of hydrogen-bond donors (Lipinski definition) is 5. The molecule has 5 amide bonds. The van der Waals surface area contributed by atoms with Crippen LogP contribution in [0.15, 0.2) is 17.2 Å². The molecule has 0 aromatic heterocycles. The first-order valence-corrected chi connectivity index (χ1v) is 7.84. The standard InChI is InChI=1S/C15H18N6O6/c1-26-8-3-7(4-9(27-2)11(8)23)5-16-20-10(22)6-21-13-12(18-15(21)25)17-14(24)19-13/h3-5,12-13,23H,6H2,1-2H3,(H,18,25)(H,20,22)(H2,17,19,24)/b16-5+. The monoisotopic (exact) mass is 378 g/mol. The van der Waals surface area contributed by atoms with E-state index in [1.807, 2.05) is 0 Å². The minimum atomic E-state index is -0.648. The Morgan fingerprint density at radius 3 is 2.56 bits per heavy atom. The highest BCUT2D eigenvalue weighted by atomic mass is 16.5. The van der Waals surface area contributed by atoms with Crippen LogP contribution in [0.4, 0.5) is 9.59 Å². The zero-order valence-electron chi connectivity index (χ0n) is 14.5. The Morgan fingerprint density at radius 2 is 1.93 bits per heavy atom. The summed E-state index contributed by atoms with van der Waals surface area (Å²) in [4.78, 5) is 36.4. The normalized spacial score (nSPS) is 20.7. The number of fused-ring (bicyclic) bond motifs is 1. The van der Waals surface area contributed by atoms with Gasteiger partial charge in [-0.05, 0) is 12.1 Å². The van der Waals surface area contributed by atoms with E-state index in [1.165, 1.54) is 37.5 Å². The summed E-state index contributed by atoms with van der Waals surface area (Å²) in [7, 11) is 2.78. The number of hydrazone groups is 1. The van der Waals surface area contributed by atoms with E-state index in [0.29, 0.717) is 5.56 Å². The van der Waals surface area contributed by atoms with Gasteiger partial charge in [0.25, 0.3) is 5.91 Å². The number of nitrogens with one attached hydrogen (secondary N) is 4. The highest BCUT2D eigenvalue weighted by Gasteiger charge is 2.45. The van der Waals surface area contributed by atoms with Gasteiger partial charge in [-0.25, -0.2) is 15.0 Å². The fraction of sp³-hybridized carbons (Fsp3) is 0.333. The van der Waals surface area contributed by atoms with E-state index < -0.39 is 30.3 Å². The Bertz CT molecular complexity index is 787. The molecule has 27 heavy (non-hydrogen) atoms. The minimum absolute atomic E-state index is 0.150. The lowest BCUT2D eigenvalue weighted by molar-refractivity contribution is -0.121. The molecule has 2 atom stereocenters. The lowest BCUT2D eigenvalue weighted by Crippen LogP contribution is -2.47. The van der Waals surface area contributed by atoms with Crippen molar-refractivity contribution in [3.05, 3.63) is 17.7 Å². The molecule has 144 valence electrons. The van der Waals surface area contributed by atoms with Crippen molar-refractivity contribution < 1.29 is 29.0 Å². The van der Waals surface area contributed by atoms with Crippen LogP contribution >= 0.6 is 0 Å². The summed E-state index contributed by atoms with van der Waals surface area (Å²) in [6.45, 7) is -0.297. The van der Waals surface area contributed by atoms with E-state index in [1.54, 1.807) is 0 Å². The SMILES string of the molecule is COc1cc(/C=N/NC(=O)CN2C(=O)NC3NC(=O)NC32)cc(OC)c1O. The lowest BCUT2D eigenvalue weighted by Gasteiger charge is -2.19. The molecular formula is C15H18N6O6. The number of methoxy groups -OCH3 is 2. The zero-order chi connectivity index (χ0) is 19.6. The lowest BCUT2D eigenvalue weighted by atomic mass is 10.2. The molecule has 5 N–H and O–H groups in total. The van der Waals surface area contributed by atoms with Crippen molar-refractivity contribution >= 4 is 24.2 Å². The maximum Gasteiger partial charge on any atom is 0.321 e. The number of carbonyl (C=O) groups excluding carboxylic acids is 3. The van der Waals surface area contributed by atoms with Gasteiger partial charge in [-0.2, -0.15) is 5.10 Å². The fourth-order valence-electron chi connectivity index (χ4n) is 2.72. The summed E-state index contributed by atoms with van der Waals surface area (Å²) in [6.07, 6.45) is 0.0947. The number of rotatable bonds is 6. The molecular weight excluding hydrogens is 360 g/mol. The quantitative estimate of drug-likeness (QED) is 0.311. The summed E-state index contributed by atoms with van der Waals surface area (Å²) >= 11 is 0. The van der Waals surface area contributed by atoms with Crippen molar-refractivity contribution in [2.45, 2.75) is 12.3 Å². The number of urea groups is 2. The minimum Gasteiger partial charge on any atom is -0.502 e. The molecule has 2 saturated heterocycles. The van der Waals surface area contributed by atoms with Gasteiger partial charge in [0, 0.05) is 5.56 Å². The van der Waals surface area contributed by atoms with Gasteiger partial charge in [-0.3, -0.25) is 9.69 Å². The van der Waals surface area contributed by atoms with Gasteiger partial charge in [0.05, 0.1) is 20.4 Å². The number of amides is 5. The summed E-state index contributed by atoms with van der Waals surface area (Å²) in [5, 5.41) is 21.3. The summed E-state index contributed by atoms with van der Waals surface area (Å²) in [5.41, 5.74) is 2.80. The van der Waals surface area contributed by atoms with E-state index in [-0.39, 0.29) is 23.8 Å². The number of benzene rings is 1. The van der Waals surface area contributed by atoms with E-state index in [9.17, 15) is 19.5 Å². The van der Waals surface area contributed by atoms with Gasteiger partial charge in [0.15, 0.2) is 11.5 Å². The Labute approximate surface area is 153 Å². The third-order valence-electron chi connectivity index (χ3n) is 3.98. The average Bonchev–Trinajstić information content (AvgIpc) is 3.12. The fourth-order valence-corrected chi connectivity index (χ4v) is 2.72. The molecule has 0 saturated carbocycles. The smallest absolute Gasteiger partial charge is 0.321 e. The molecule has 0 bridgehead atoms. The zero-order valence-corrected chi connectivity index (χ0v) is 14.5. The first-order chi connectivity index (χ1) is 12.9. The topological polar surface area (TPSA) is 154 Å². The van der Waals surface area contributed by atoms with E-state index in [4.69, 9.17) is 9.47 Å². The molecule has 1 aromatic carbocycles. The first-order valence-electron chi connectivity index (χ1n) is 7.84. The number of aromatic hydroxyl groups is 1.